The van der Waals surface area contributed by atoms with Crippen molar-refractivity contribution < 1.29 is 17.7 Å². The first-order valence-electron chi connectivity index (χ1n) is 7.49. The van der Waals surface area contributed by atoms with Crippen molar-refractivity contribution in [2.75, 3.05) is 4.72 Å². The topological polar surface area (TPSA) is 107 Å². The van der Waals surface area contributed by atoms with Crippen molar-refractivity contribution in [2.45, 2.75) is 11.4 Å². The zero-order valence-electron chi connectivity index (χ0n) is 13.5. The van der Waals surface area contributed by atoms with Gasteiger partial charge in [0.2, 0.25) is 0 Å². The number of hydrogen-bond donors (Lipinski definition) is 1. The summed E-state index contributed by atoms with van der Waals surface area (Å²) in [7, 11) is -4.07. The van der Waals surface area contributed by atoms with Crippen LogP contribution in [0.3, 0.4) is 0 Å². The molecule has 0 radical (unpaired) electrons. The lowest BCUT2D eigenvalue weighted by Crippen LogP contribution is -2.14. The summed E-state index contributed by atoms with van der Waals surface area (Å²) in [6.07, 6.45) is 1.56. The number of nitro groups is 1. The van der Waals surface area contributed by atoms with E-state index in [-0.39, 0.29) is 22.2 Å². The first-order valence-corrected chi connectivity index (χ1v) is 9.77. The molecule has 0 bridgehead atoms. The molecule has 0 spiro atoms. The van der Waals surface area contributed by atoms with Crippen LogP contribution in [-0.2, 0) is 16.6 Å². The lowest BCUT2D eigenvalue weighted by molar-refractivity contribution is -0.385. The van der Waals surface area contributed by atoms with E-state index >= 15 is 0 Å². The SMILES string of the molecule is O=[N+]([O-])c1cccc(S(=O)(=O)Nc2nn(Cc3ccc(F)cc3)cc2Br)c1. The van der Waals surface area contributed by atoms with Crippen LogP contribution in [0.4, 0.5) is 15.9 Å². The number of nitrogens with zero attached hydrogens (tertiary/aromatic N) is 3. The lowest BCUT2D eigenvalue weighted by atomic mass is 10.2. The average molecular weight is 455 g/mol. The Balaban J connectivity index is 1.83. The van der Waals surface area contributed by atoms with Gasteiger partial charge in [0.1, 0.15) is 5.82 Å². The number of nitro benzene ring substituents is 1. The quantitative estimate of drug-likeness (QED) is 0.452. The van der Waals surface area contributed by atoms with Gasteiger partial charge in [0.25, 0.3) is 15.7 Å². The molecule has 0 amide bonds. The largest absolute Gasteiger partial charge is 0.270 e. The molecule has 1 aromatic heterocycles. The minimum absolute atomic E-state index is 0.0311. The minimum Gasteiger partial charge on any atom is -0.265 e. The molecule has 0 saturated heterocycles. The third-order valence-electron chi connectivity index (χ3n) is 3.54. The number of benzene rings is 2. The highest BCUT2D eigenvalue weighted by Gasteiger charge is 2.20. The molecule has 0 aliphatic heterocycles. The van der Waals surface area contributed by atoms with Gasteiger partial charge in [-0.2, -0.15) is 5.10 Å². The maximum Gasteiger partial charge on any atom is 0.270 e. The molecule has 11 heteroatoms. The van der Waals surface area contributed by atoms with Crippen LogP contribution in [0.1, 0.15) is 5.56 Å². The van der Waals surface area contributed by atoms with E-state index in [1.807, 2.05) is 0 Å². The number of halogens is 2. The van der Waals surface area contributed by atoms with Crippen LogP contribution in [0.2, 0.25) is 0 Å². The van der Waals surface area contributed by atoms with Crippen molar-refractivity contribution >= 4 is 37.5 Å². The van der Waals surface area contributed by atoms with Crippen LogP contribution in [0.5, 0.6) is 0 Å². The van der Waals surface area contributed by atoms with E-state index in [0.717, 1.165) is 11.6 Å². The van der Waals surface area contributed by atoms with Crippen LogP contribution in [0.25, 0.3) is 0 Å². The van der Waals surface area contributed by atoms with Gasteiger partial charge < -0.3 is 0 Å². The van der Waals surface area contributed by atoms with Gasteiger partial charge in [0.05, 0.1) is 20.8 Å². The van der Waals surface area contributed by atoms with E-state index in [1.54, 1.807) is 18.3 Å². The molecule has 1 N–H and O–H groups in total. The fourth-order valence-electron chi connectivity index (χ4n) is 2.27. The summed E-state index contributed by atoms with van der Waals surface area (Å²) in [5.41, 5.74) is 0.443. The van der Waals surface area contributed by atoms with Gasteiger partial charge in [-0.25, -0.2) is 12.8 Å². The second-order valence-corrected chi connectivity index (χ2v) is 8.05. The summed E-state index contributed by atoms with van der Waals surface area (Å²) in [5, 5.41) is 15.0. The predicted molar refractivity (Wildman–Crippen MR) is 99.3 cm³/mol. The van der Waals surface area contributed by atoms with Gasteiger partial charge in [-0.3, -0.25) is 19.5 Å². The highest BCUT2D eigenvalue weighted by atomic mass is 79.9. The number of hydrogen-bond acceptors (Lipinski definition) is 5. The number of sulfonamides is 1. The van der Waals surface area contributed by atoms with Gasteiger partial charge in [-0.05, 0) is 39.7 Å². The molecule has 0 atom stereocenters. The molecule has 0 aliphatic rings. The van der Waals surface area contributed by atoms with Gasteiger partial charge in [-0.15, -0.1) is 0 Å². The van der Waals surface area contributed by atoms with Crippen molar-refractivity contribution in [2.24, 2.45) is 0 Å². The molecular formula is C16H12BrFN4O4S. The molecule has 0 aliphatic carbocycles. The van der Waals surface area contributed by atoms with Gasteiger partial charge in [0.15, 0.2) is 5.82 Å². The summed E-state index contributed by atoms with van der Waals surface area (Å²) < 4.78 is 42.1. The highest BCUT2D eigenvalue weighted by molar-refractivity contribution is 9.10. The number of aromatic nitrogens is 2. The predicted octanol–water partition coefficient (Wildman–Crippen LogP) is 3.54. The van der Waals surface area contributed by atoms with Crippen molar-refractivity contribution in [3.05, 3.63) is 80.7 Å². The average Bonchev–Trinajstić information content (AvgIpc) is 2.95. The fraction of sp³-hybridized carbons (Fsp3) is 0.0625. The van der Waals surface area contributed by atoms with E-state index in [4.69, 9.17) is 0 Å². The van der Waals surface area contributed by atoms with Gasteiger partial charge >= 0.3 is 0 Å². The minimum atomic E-state index is -4.07. The number of rotatable bonds is 6. The smallest absolute Gasteiger partial charge is 0.265 e. The molecular weight excluding hydrogens is 443 g/mol. The Morgan fingerprint density at radius 1 is 1.22 bits per heavy atom. The van der Waals surface area contributed by atoms with E-state index < -0.39 is 14.9 Å². The van der Waals surface area contributed by atoms with Gasteiger partial charge in [0, 0.05) is 18.3 Å². The van der Waals surface area contributed by atoms with Crippen molar-refractivity contribution in [3.63, 3.8) is 0 Å². The number of non-ortho nitro benzene ring substituents is 1. The molecule has 2 aromatic carbocycles. The molecule has 3 aromatic rings. The second-order valence-electron chi connectivity index (χ2n) is 5.51. The fourth-order valence-corrected chi connectivity index (χ4v) is 3.88. The molecule has 3 rings (SSSR count). The molecule has 0 saturated carbocycles. The van der Waals surface area contributed by atoms with Crippen LogP contribution >= 0.6 is 15.9 Å². The Bertz CT molecular complexity index is 1100. The molecule has 27 heavy (non-hydrogen) atoms. The zero-order chi connectivity index (χ0) is 19.6. The summed E-state index contributed by atoms with van der Waals surface area (Å²) in [6, 6.07) is 10.5. The normalized spacial score (nSPS) is 11.3. The van der Waals surface area contributed by atoms with Crippen molar-refractivity contribution in [1.82, 2.24) is 9.78 Å². The Morgan fingerprint density at radius 3 is 2.59 bits per heavy atom. The summed E-state index contributed by atoms with van der Waals surface area (Å²) in [5.74, 6) is -0.325. The summed E-state index contributed by atoms with van der Waals surface area (Å²) in [6.45, 7) is 0.303. The van der Waals surface area contributed by atoms with Crippen LogP contribution in [0, 0.1) is 15.9 Å². The summed E-state index contributed by atoms with van der Waals surface area (Å²) in [4.78, 5) is 9.91. The van der Waals surface area contributed by atoms with Crippen LogP contribution < -0.4 is 4.72 Å². The van der Waals surface area contributed by atoms with Crippen LogP contribution in [0.15, 0.2) is 64.1 Å². The molecule has 0 unspecified atom stereocenters. The zero-order valence-corrected chi connectivity index (χ0v) is 15.9. The Labute approximate surface area is 162 Å². The van der Waals surface area contributed by atoms with E-state index in [9.17, 15) is 22.9 Å². The number of anilines is 1. The van der Waals surface area contributed by atoms with Crippen molar-refractivity contribution in [3.8, 4) is 0 Å². The first kappa shape index (κ1) is 19.0. The second kappa shape index (κ2) is 7.45. The van der Waals surface area contributed by atoms with E-state index in [0.29, 0.717) is 11.0 Å². The highest BCUT2D eigenvalue weighted by Crippen LogP contribution is 2.25. The number of nitrogens with one attached hydrogen (secondary N) is 1. The Kier molecular flexibility index (Phi) is 5.24. The summed E-state index contributed by atoms with van der Waals surface area (Å²) >= 11 is 3.23. The monoisotopic (exact) mass is 454 g/mol. The van der Waals surface area contributed by atoms with Crippen molar-refractivity contribution in [1.29, 1.82) is 0 Å². The van der Waals surface area contributed by atoms with E-state index in [1.165, 1.54) is 35.0 Å². The maximum absolute atomic E-state index is 13.0. The Hall–Kier alpha value is -2.79. The third kappa shape index (κ3) is 4.49. The van der Waals surface area contributed by atoms with Crippen LogP contribution in [-0.4, -0.2) is 23.1 Å². The standard InChI is InChI=1S/C16H12BrFN4O4S/c17-15-10-21(9-11-4-6-12(18)7-5-11)19-16(15)20-27(25,26)14-3-1-2-13(8-14)22(23)24/h1-8,10H,9H2,(H,19,20). The van der Waals surface area contributed by atoms with Gasteiger partial charge in [-0.1, -0.05) is 18.2 Å². The lowest BCUT2D eigenvalue weighted by Gasteiger charge is -2.06. The molecule has 140 valence electrons. The molecule has 8 nitrogen and oxygen atoms in total. The molecule has 0 fully saturated rings. The Morgan fingerprint density at radius 2 is 1.93 bits per heavy atom. The first-order chi connectivity index (χ1) is 12.7. The van der Waals surface area contributed by atoms with E-state index in [2.05, 4.69) is 25.8 Å². The third-order valence-corrected chi connectivity index (χ3v) is 5.46. The maximum atomic E-state index is 13.0. The molecule has 1 heterocycles.